The van der Waals surface area contributed by atoms with Crippen molar-refractivity contribution < 1.29 is 0 Å². The molecule has 1 fully saturated rings. The van der Waals surface area contributed by atoms with Gasteiger partial charge in [0.1, 0.15) is 0 Å². The Hall–Kier alpha value is -0.340. The van der Waals surface area contributed by atoms with Crippen LogP contribution >= 0.6 is 23.4 Å². The molecular weight excluding hydrogens is 250 g/mol. The Kier molecular flexibility index (Phi) is 3.94. The van der Waals surface area contributed by atoms with Crippen molar-refractivity contribution >= 4 is 29.1 Å². The normalized spacial score (nSPS) is 23.4. The molecule has 1 aromatic carbocycles. The summed E-state index contributed by atoms with van der Waals surface area (Å²) < 4.78 is 0. The number of benzene rings is 1. The van der Waals surface area contributed by atoms with Gasteiger partial charge >= 0.3 is 0 Å². The molecule has 3 heteroatoms. The highest BCUT2D eigenvalue weighted by Crippen LogP contribution is 2.37. The van der Waals surface area contributed by atoms with E-state index in [4.69, 9.17) is 11.6 Å². The molecule has 0 spiro atoms. The fourth-order valence-corrected chi connectivity index (χ4v) is 4.05. The second-order valence-corrected chi connectivity index (χ2v) is 7.00. The third-order valence-electron chi connectivity index (χ3n) is 3.66. The molecule has 94 valence electrons. The largest absolute Gasteiger partial charge is 0.380 e. The summed E-state index contributed by atoms with van der Waals surface area (Å²) in [5, 5.41) is 4.48. The standard InChI is InChI=1S/C14H20ClNS/c1-10-5-4-6-11(15)13(10)16-12-9-17-8-7-14(12,2)3/h4-6,12,16H,7-9H2,1-3H3. The van der Waals surface area contributed by atoms with Crippen LogP contribution in [0, 0.1) is 12.3 Å². The molecule has 17 heavy (non-hydrogen) atoms. The molecule has 0 radical (unpaired) electrons. The highest BCUT2D eigenvalue weighted by atomic mass is 35.5. The summed E-state index contributed by atoms with van der Waals surface area (Å²) >= 11 is 8.30. The first-order valence-corrected chi connectivity index (χ1v) is 7.63. The third-order valence-corrected chi connectivity index (χ3v) is 5.04. The van der Waals surface area contributed by atoms with Crippen molar-refractivity contribution in [3.63, 3.8) is 0 Å². The van der Waals surface area contributed by atoms with E-state index in [2.05, 4.69) is 32.2 Å². The van der Waals surface area contributed by atoms with Crippen molar-refractivity contribution in [2.45, 2.75) is 33.2 Å². The lowest BCUT2D eigenvalue weighted by atomic mass is 9.82. The first-order valence-electron chi connectivity index (χ1n) is 6.10. The fourth-order valence-electron chi connectivity index (χ4n) is 2.16. The average Bonchev–Trinajstić information content (AvgIpc) is 2.25. The van der Waals surface area contributed by atoms with Crippen LogP contribution in [0.5, 0.6) is 0 Å². The molecule has 1 saturated heterocycles. The Morgan fingerprint density at radius 2 is 2.18 bits per heavy atom. The van der Waals surface area contributed by atoms with Crippen molar-refractivity contribution in [1.29, 1.82) is 0 Å². The van der Waals surface area contributed by atoms with Crippen LogP contribution in [0.1, 0.15) is 25.8 Å². The molecule has 1 aliphatic rings. The number of hydrogen-bond donors (Lipinski definition) is 1. The van der Waals surface area contributed by atoms with E-state index in [1.807, 2.05) is 23.9 Å². The van der Waals surface area contributed by atoms with Gasteiger partial charge in [0, 0.05) is 11.8 Å². The second-order valence-electron chi connectivity index (χ2n) is 5.44. The molecule has 0 aliphatic carbocycles. The SMILES string of the molecule is Cc1cccc(Cl)c1NC1CSCCC1(C)C. The Labute approximate surface area is 113 Å². The van der Waals surface area contributed by atoms with Crippen molar-refractivity contribution in [2.24, 2.45) is 5.41 Å². The number of halogens is 1. The minimum absolute atomic E-state index is 0.344. The molecule has 1 unspecified atom stereocenters. The van der Waals surface area contributed by atoms with E-state index in [9.17, 15) is 0 Å². The molecule has 1 atom stereocenters. The maximum atomic E-state index is 6.27. The number of rotatable bonds is 2. The van der Waals surface area contributed by atoms with Crippen LogP contribution in [0.25, 0.3) is 0 Å². The van der Waals surface area contributed by atoms with E-state index >= 15 is 0 Å². The minimum atomic E-state index is 0.344. The zero-order chi connectivity index (χ0) is 12.5. The van der Waals surface area contributed by atoms with E-state index in [1.165, 1.54) is 17.7 Å². The van der Waals surface area contributed by atoms with Crippen LogP contribution in [0.3, 0.4) is 0 Å². The van der Waals surface area contributed by atoms with Gasteiger partial charge in [0.25, 0.3) is 0 Å². The summed E-state index contributed by atoms with van der Waals surface area (Å²) in [6, 6.07) is 6.57. The predicted octanol–water partition coefficient (Wildman–Crippen LogP) is 4.59. The summed E-state index contributed by atoms with van der Waals surface area (Å²) in [5.41, 5.74) is 2.68. The van der Waals surface area contributed by atoms with Gasteiger partial charge in [-0.1, -0.05) is 37.6 Å². The number of hydrogen-bond acceptors (Lipinski definition) is 2. The van der Waals surface area contributed by atoms with Crippen LogP contribution in [0.2, 0.25) is 5.02 Å². The molecule has 2 rings (SSSR count). The Morgan fingerprint density at radius 1 is 1.41 bits per heavy atom. The zero-order valence-electron chi connectivity index (χ0n) is 10.7. The highest BCUT2D eigenvalue weighted by molar-refractivity contribution is 7.99. The van der Waals surface area contributed by atoms with Gasteiger partial charge in [0.2, 0.25) is 0 Å². The van der Waals surface area contributed by atoms with Crippen molar-refractivity contribution in [3.05, 3.63) is 28.8 Å². The lowest BCUT2D eigenvalue weighted by Gasteiger charge is -2.39. The molecular formula is C14H20ClNS. The van der Waals surface area contributed by atoms with E-state index in [-0.39, 0.29) is 0 Å². The number of nitrogens with one attached hydrogen (secondary N) is 1. The lowest BCUT2D eigenvalue weighted by Crippen LogP contribution is -2.41. The van der Waals surface area contributed by atoms with E-state index in [0.29, 0.717) is 11.5 Å². The van der Waals surface area contributed by atoms with Crippen LogP contribution < -0.4 is 5.32 Å². The van der Waals surface area contributed by atoms with Crippen LogP contribution in [0.15, 0.2) is 18.2 Å². The Balaban J connectivity index is 2.20. The zero-order valence-corrected chi connectivity index (χ0v) is 12.3. The average molecular weight is 270 g/mol. The summed E-state index contributed by atoms with van der Waals surface area (Å²) in [7, 11) is 0. The molecule has 0 saturated carbocycles. The summed E-state index contributed by atoms with van der Waals surface area (Å²) in [4.78, 5) is 0. The predicted molar refractivity (Wildman–Crippen MR) is 79.3 cm³/mol. The minimum Gasteiger partial charge on any atom is -0.380 e. The number of para-hydroxylation sites is 1. The number of anilines is 1. The van der Waals surface area contributed by atoms with Crippen LogP contribution in [-0.4, -0.2) is 17.5 Å². The molecule has 0 aromatic heterocycles. The maximum absolute atomic E-state index is 6.27. The maximum Gasteiger partial charge on any atom is 0.0640 e. The monoisotopic (exact) mass is 269 g/mol. The summed E-state index contributed by atoms with van der Waals surface area (Å²) in [5.74, 6) is 2.43. The quantitative estimate of drug-likeness (QED) is 0.843. The summed E-state index contributed by atoms with van der Waals surface area (Å²) in [6.45, 7) is 6.80. The first kappa shape index (κ1) is 13.1. The highest BCUT2D eigenvalue weighted by Gasteiger charge is 2.32. The smallest absolute Gasteiger partial charge is 0.0640 e. The van der Waals surface area contributed by atoms with E-state index < -0.39 is 0 Å². The van der Waals surface area contributed by atoms with E-state index in [1.54, 1.807) is 0 Å². The number of aryl methyl sites for hydroxylation is 1. The van der Waals surface area contributed by atoms with Gasteiger partial charge in [-0.2, -0.15) is 11.8 Å². The molecule has 1 aliphatic heterocycles. The Bertz CT molecular complexity index is 383. The van der Waals surface area contributed by atoms with Gasteiger partial charge in [0.15, 0.2) is 0 Å². The fraction of sp³-hybridized carbons (Fsp3) is 0.571. The van der Waals surface area contributed by atoms with Crippen LogP contribution in [0.4, 0.5) is 5.69 Å². The van der Waals surface area contributed by atoms with Gasteiger partial charge in [-0.25, -0.2) is 0 Å². The van der Waals surface area contributed by atoms with Gasteiger partial charge in [-0.15, -0.1) is 0 Å². The molecule has 0 amide bonds. The van der Waals surface area contributed by atoms with Crippen molar-refractivity contribution in [3.8, 4) is 0 Å². The van der Waals surface area contributed by atoms with Gasteiger partial charge < -0.3 is 5.32 Å². The third kappa shape index (κ3) is 2.92. The van der Waals surface area contributed by atoms with Gasteiger partial charge in [-0.3, -0.25) is 0 Å². The van der Waals surface area contributed by atoms with Gasteiger partial charge in [0.05, 0.1) is 10.7 Å². The topological polar surface area (TPSA) is 12.0 Å². The number of thioether (sulfide) groups is 1. The molecule has 1 N–H and O–H groups in total. The molecule has 0 bridgehead atoms. The van der Waals surface area contributed by atoms with Gasteiger partial charge in [-0.05, 0) is 36.1 Å². The second kappa shape index (κ2) is 5.11. The summed E-state index contributed by atoms with van der Waals surface area (Å²) in [6.07, 6.45) is 1.26. The van der Waals surface area contributed by atoms with Crippen molar-refractivity contribution in [1.82, 2.24) is 0 Å². The Morgan fingerprint density at radius 3 is 2.82 bits per heavy atom. The van der Waals surface area contributed by atoms with Crippen molar-refractivity contribution in [2.75, 3.05) is 16.8 Å². The molecule has 1 heterocycles. The first-order chi connectivity index (χ1) is 8.00. The molecule has 1 nitrogen and oxygen atoms in total. The lowest BCUT2D eigenvalue weighted by molar-refractivity contribution is 0.305. The van der Waals surface area contributed by atoms with Crippen LogP contribution in [-0.2, 0) is 0 Å². The molecule has 1 aromatic rings. The van der Waals surface area contributed by atoms with E-state index in [0.717, 1.165) is 16.5 Å².